The van der Waals surface area contributed by atoms with Crippen molar-refractivity contribution in [3.05, 3.63) is 57.6 Å². The molecule has 0 saturated carbocycles. The van der Waals surface area contributed by atoms with Crippen molar-refractivity contribution < 1.29 is 4.52 Å². The van der Waals surface area contributed by atoms with Gasteiger partial charge in [0.05, 0.1) is 11.3 Å². The van der Waals surface area contributed by atoms with E-state index in [1.807, 2.05) is 32.9 Å². The Labute approximate surface area is 155 Å². The van der Waals surface area contributed by atoms with E-state index in [9.17, 15) is 5.26 Å². The third-order valence-electron chi connectivity index (χ3n) is 3.98. The number of thioether (sulfide) groups is 1. The maximum absolute atomic E-state index is 9.42. The summed E-state index contributed by atoms with van der Waals surface area (Å²) >= 11 is 7.31. The summed E-state index contributed by atoms with van der Waals surface area (Å²) in [5.41, 5.74) is 4.37. The maximum atomic E-state index is 9.42. The number of pyridine rings is 1. The van der Waals surface area contributed by atoms with E-state index in [1.54, 1.807) is 12.1 Å². The molecule has 5 nitrogen and oxygen atoms in total. The monoisotopic (exact) mass is 370 g/mol. The second-order valence-electron chi connectivity index (χ2n) is 5.55. The topological polar surface area (TPSA) is 75.6 Å². The van der Waals surface area contributed by atoms with Gasteiger partial charge in [-0.05, 0) is 56.2 Å². The van der Waals surface area contributed by atoms with E-state index >= 15 is 0 Å². The van der Waals surface area contributed by atoms with Crippen LogP contribution in [0.15, 0.2) is 33.8 Å². The highest BCUT2D eigenvalue weighted by Crippen LogP contribution is 2.29. The van der Waals surface area contributed by atoms with Crippen LogP contribution in [0.2, 0.25) is 5.02 Å². The highest BCUT2D eigenvalue weighted by molar-refractivity contribution is 7.98. The number of hydrogen-bond donors (Lipinski definition) is 0. The summed E-state index contributed by atoms with van der Waals surface area (Å²) in [6, 6.07) is 9.48. The molecule has 0 radical (unpaired) electrons. The van der Waals surface area contributed by atoms with Crippen LogP contribution in [-0.4, -0.2) is 15.1 Å². The third kappa shape index (κ3) is 3.68. The molecule has 7 heteroatoms. The van der Waals surface area contributed by atoms with E-state index in [1.165, 1.54) is 11.8 Å². The average Bonchev–Trinajstić information content (AvgIpc) is 3.07. The standard InChI is InChI=1S/C18H15ClN4OS/c1-10-11(2)15(8-20)18(21-12(10)3)25-9-16-22-17(23-24-16)13-4-6-14(19)7-5-13/h4-7H,9H2,1-3H3. The lowest BCUT2D eigenvalue weighted by molar-refractivity contribution is 0.391. The minimum Gasteiger partial charge on any atom is -0.338 e. The van der Waals surface area contributed by atoms with Crippen LogP contribution < -0.4 is 0 Å². The summed E-state index contributed by atoms with van der Waals surface area (Å²) in [6.07, 6.45) is 0. The minimum atomic E-state index is 0.449. The van der Waals surface area contributed by atoms with Gasteiger partial charge in [-0.3, -0.25) is 0 Å². The molecule has 0 saturated heterocycles. The number of aryl methyl sites for hydroxylation is 1. The number of halogens is 1. The van der Waals surface area contributed by atoms with Crippen molar-refractivity contribution in [2.24, 2.45) is 0 Å². The SMILES string of the molecule is Cc1nc(SCc2nc(-c3ccc(Cl)cc3)no2)c(C#N)c(C)c1C. The van der Waals surface area contributed by atoms with Gasteiger partial charge in [-0.25, -0.2) is 4.98 Å². The van der Waals surface area contributed by atoms with Crippen molar-refractivity contribution in [2.75, 3.05) is 0 Å². The van der Waals surface area contributed by atoms with E-state index < -0.39 is 0 Å². The molecule has 0 aliphatic carbocycles. The van der Waals surface area contributed by atoms with Gasteiger partial charge in [0.2, 0.25) is 11.7 Å². The fraction of sp³-hybridized carbons (Fsp3) is 0.222. The minimum absolute atomic E-state index is 0.449. The van der Waals surface area contributed by atoms with Gasteiger partial charge >= 0.3 is 0 Å². The Bertz CT molecular complexity index is 960. The predicted molar refractivity (Wildman–Crippen MR) is 97.5 cm³/mol. The van der Waals surface area contributed by atoms with Gasteiger partial charge < -0.3 is 4.52 Å². The number of aromatic nitrogens is 3. The molecule has 0 bridgehead atoms. The Morgan fingerprint density at radius 2 is 1.84 bits per heavy atom. The Morgan fingerprint density at radius 1 is 1.12 bits per heavy atom. The molecule has 0 fully saturated rings. The molecule has 2 aromatic heterocycles. The summed E-state index contributed by atoms with van der Waals surface area (Å²) in [5, 5.41) is 14.8. The number of benzene rings is 1. The molecule has 0 amide bonds. The van der Waals surface area contributed by atoms with Crippen LogP contribution in [0.5, 0.6) is 0 Å². The second kappa shape index (κ2) is 7.26. The van der Waals surface area contributed by atoms with Gasteiger partial charge in [-0.15, -0.1) is 0 Å². The summed E-state index contributed by atoms with van der Waals surface area (Å²) in [6.45, 7) is 5.86. The van der Waals surface area contributed by atoms with Gasteiger partial charge in [0.15, 0.2) is 0 Å². The van der Waals surface area contributed by atoms with E-state index in [0.717, 1.165) is 22.4 Å². The zero-order chi connectivity index (χ0) is 18.0. The highest BCUT2D eigenvalue weighted by atomic mass is 35.5. The first kappa shape index (κ1) is 17.5. The molecule has 0 unspecified atom stereocenters. The zero-order valence-electron chi connectivity index (χ0n) is 14.0. The Kier molecular flexibility index (Phi) is 5.07. The fourth-order valence-corrected chi connectivity index (χ4v) is 3.36. The van der Waals surface area contributed by atoms with E-state index in [2.05, 4.69) is 21.2 Å². The molecule has 0 aliphatic heterocycles. The molecule has 126 valence electrons. The van der Waals surface area contributed by atoms with Gasteiger partial charge in [-0.2, -0.15) is 10.2 Å². The third-order valence-corrected chi connectivity index (χ3v) is 5.19. The van der Waals surface area contributed by atoms with Gasteiger partial charge in [0, 0.05) is 16.3 Å². The first-order chi connectivity index (χ1) is 12.0. The van der Waals surface area contributed by atoms with Crippen molar-refractivity contribution in [1.29, 1.82) is 5.26 Å². The molecule has 25 heavy (non-hydrogen) atoms. The Hall–Kier alpha value is -2.36. The van der Waals surface area contributed by atoms with E-state index in [4.69, 9.17) is 16.1 Å². The van der Waals surface area contributed by atoms with E-state index in [-0.39, 0.29) is 0 Å². The second-order valence-corrected chi connectivity index (χ2v) is 6.95. The molecule has 1 aromatic carbocycles. The van der Waals surface area contributed by atoms with Gasteiger partial charge in [0.25, 0.3) is 0 Å². The van der Waals surface area contributed by atoms with Crippen LogP contribution >= 0.6 is 23.4 Å². The molecule has 0 atom stereocenters. The first-order valence-corrected chi connectivity index (χ1v) is 8.95. The molecular formula is C18H15ClN4OS. The summed E-state index contributed by atoms with van der Waals surface area (Å²) < 4.78 is 5.30. The van der Waals surface area contributed by atoms with Crippen molar-refractivity contribution in [1.82, 2.24) is 15.1 Å². The fourth-order valence-electron chi connectivity index (χ4n) is 2.31. The van der Waals surface area contributed by atoms with Crippen molar-refractivity contribution in [3.8, 4) is 17.5 Å². The number of nitrogens with zero attached hydrogens (tertiary/aromatic N) is 4. The number of hydrogen-bond acceptors (Lipinski definition) is 6. The molecule has 3 aromatic rings. The lowest BCUT2D eigenvalue weighted by Gasteiger charge is -2.10. The maximum Gasteiger partial charge on any atom is 0.237 e. The number of rotatable bonds is 4. The lowest BCUT2D eigenvalue weighted by Crippen LogP contribution is -1.99. The smallest absolute Gasteiger partial charge is 0.237 e. The summed E-state index contributed by atoms with van der Waals surface area (Å²) in [4.78, 5) is 8.92. The van der Waals surface area contributed by atoms with Crippen molar-refractivity contribution >= 4 is 23.4 Å². The lowest BCUT2D eigenvalue weighted by atomic mass is 10.1. The first-order valence-electron chi connectivity index (χ1n) is 7.59. The normalized spacial score (nSPS) is 10.7. The van der Waals surface area contributed by atoms with Crippen molar-refractivity contribution in [3.63, 3.8) is 0 Å². The summed E-state index contributed by atoms with van der Waals surface area (Å²) in [5.74, 6) is 1.44. The largest absolute Gasteiger partial charge is 0.338 e. The van der Waals surface area contributed by atoms with Crippen LogP contribution in [0.3, 0.4) is 0 Å². The highest BCUT2D eigenvalue weighted by Gasteiger charge is 2.15. The Balaban J connectivity index is 1.79. The molecular weight excluding hydrogens is 356 g/mol. The quantitative estimate of drug-likeness (QED) is 0.609. The van der Waals surface area contributed by atoms with Crippen LogP contribution in [0.1, 0.15) is 28.3 Å². The molecule has 0 N–H and O–H groups in total. The average molecular weight is 371 g/mol. The van der Waals surface area contributed by atoms with Crippen molar-refractivity contribution in [2.45, 2.75) is 31.6 Å². The predicted octanol–water partition coefficient (Wildman–Crippen LogP) is 4.87. The summed E-state index contributed by atoms with van der Waals surface area (Å²) in [7, 11) is 0. The molecule has 3 rings (SSSR count). The Morgan fingerprint density at radius 3 is 2.52 bits per heavy atom. The number of nitriles is 1. The van der Waals surface area contributed by atoms with Crippen LogP contribution in [0, 0.1) is 32.1 Å². The van der Waals surface area contributed by atoms with E-state index in [0.29, 0.717) is 33.1 Å². The molecule has 0 spiro atoms. The molecule has 0 aliphatic rings. The molecule has 2 heterocycles. The zero-order valence-corrected chi connectivity index (χ0v) is 15.6. The van der Waals surface area contributed by atoms with Crippen LogP contribution in [-0.2, 0) is 5.75 Å². The van der Waals surface area contributed by atoms with Gasteiger partial charge in [-0.1, -0.05) is 28.5 Å². The van der Waals surface area contributed by atoms with Crippen LogP contribution in [0.4, 0.5) is 0 Å². The van der Waals surface area contributed by atoms with Crippen LogP contribution in [0.25, 0.3) is 11.4 Å². The van der Waals surface area contributed by atoms with Gasteiger partial charge in [0.1, 0.15) is 11.1 Å².